The highest BCUT2D eigenvalue weighted by Gasteiger charge is 2.23. The molecule has 1 aromatic carbocycles. The molecule has 2 rings (SSSR count). The molecule has 1 atom stereocenters. The van der Waals surface area contributed by atoms with E-state index in [2.05, 4.69) is 10.5 Å². The Morgan fingerprint density at radius 1 is 1.36 bits per heavy atom. The van der Waals surface area contributed by atoms with Gasteiger partial charge in [0.15, 0.2) is 0 Å². The fourth-order valence-corrected chi connectivity index (χ4v) is 1.50. The van der Waals surface area contributed by atoms with Crippen LogP contribution in [0.25, 0.3) is 0 Å². The predicted octanol–water partition coefficient (Wildman–Crippen LogP) is 0.957. The third kappa shape index (κ3) is 1.54. The Morgan fingerprint density at radius 2 is 2.00 bits per heavy atom. The minimum absolute atomic E-state index is 0.271. The van der Waals surface area contributed by atoms with E-state index in [1.54, 1.807) is 0 Å². The molecule has 0 saturated heterocycles. The van der Waals surface area contributed by atoms with E-state index in [-0.39, 0.29) is 6.04 Å². The average Bonchev–Trinajstić information content (AvgIpc) is 2.50. The maximum atomic E-state index is 5.86. The summed E-state index contributed by atoms with van der Waals surface area (Å²) in [6.45, 7) is 2.04. The molecule has 0 saturated carbocycles. The van der Waals surface area contributed by atoms with Crippen molar-refractivity contribution in [2.75, 3.05) is 0 Å². The average molecular weight is 205 g/mol. The Morgan fingerprint density at radius 3 is 2.50 bits per heavy atom. The first-order chi connectivity index (χ1) is 6.68. The molecule has 0 aromatic heterocycles. The van der Waals surface area contributed by atoms with Crippen molar-refractivity contribution in [3.63, 3.8) is 0 Å². The van der Waals surface area contributed by atoms with Gasteiger partial charge in [0.2, 0.25) is 0 Å². The van der Waals surface area contributed by atoms with Gasteiger partial charge in [0.1, 0.15) is 11.0 Å². The summed E-state index contributed by atoms with van der Waals surface area (Å²) in [7, 11) is 0. The van der Waals surface area contributed by atoms with Gasteiger partial charge in [0, 0.05) is 0 Å². The molecular weight excluding hydrogens is 194 g/mol. The van der Waals surface area contributed by atoms with Crippen LogP contribution in [0, 0.1) is 6.92 Å². The van der Waals surface area contributed by atoms with E-state index in [4.69, 9.17) is 18.0 Å². The molecule has 1 unspecified atom stereocenters. The highest BCUT2D eigenvalue weighted by Crippen LogP contribution is 2.10. The number of hydrogen-bond acceptors (Lipinski definition) is 3. The molecule has 4 heteroatoms. The van der Waals surface area contributed by atoms with Gasteiger partial charge in [0.25, 0.3) is 0 Å². The number of thiocarbonyl (C=S) groups is 1. The van der Waals surface area contributed by atoms with Gasteiger partial charge >= 0.3 is 0 Å². The SMILES string of the molecule is Cc1ccc(C2=NNC(=S)C2N)cc1. The maximum absolute atomic E-state index is 5.86. The first-order valence-corrected chi connectivity index (χ1v) is 4.79. The highest BCUT2D eigenvalue weighted by atomic mass is 32.1. The first kappa shape index (κ1) is 9.30. The molecule has 0 amide bonds. The van der Waals surface area contributed by atoms with Crippen molar-refractivity contribution in [2.24, 2.45) is 10.8 Å². The van der Waals surface area contributed by atoms with Crippen LogP contribution in [0.2, 0.25) is 0 Å². The lowest BCUT2D eigenvalue weighted by Gasteiger charge is -2.05. The molecule has 0 radical (unpaired) electrons. The third-order valence-corrected chi connectivity index (χ3v) is 2.56. The summed E-state index contributed by atoms with van der Waals surface area (Å²) < 4.78 is 0. The maximum Gasteiger partial charge on any atom is 0.119 e. The van der Waals surface area contributed by atoms with E-state index in [0.29, 0.717) is 4.99 Å². The molecular formula is C10H11N3S. The van der Waals surface area contributed by atoms with Crippen LogP contribution in [0.3, 0.4) is 0 Å². The third-order valence-electron chi connectivity index (χ3n) is 2.21. The van der Waals surface area contributed by atoms with Crippen molar-refractivity contribution in [3.8, 4) is 0 Å². The Kier molecular flexibility index (Phi) is 2.31. The van der Waals surface area contributed by atoms with Crippen molar-refractivity contribution in [1.29, 1.82) is 0 Å². The Hall–Kier alpha value is -1.26. The van der Waals surface area contributed by atoms with Crippen molar-refractivity contribution in [1.82, 2.24) is 5.43 Å². The van der Waals surface area contributed by atoms with Crippen LogP contribution in [0.5, 0.6) is 0 Å². The summed E-state index contributed by atoms with van der Waals surface area (Å²) in [6.07, 6.45) is 0. The van der Waals surface area contributed by atoms with E-state index in [1.807, 2.05) is 31.2 Å². The Labute approximate surface area is 88.0 Å². The number of aryl methyl sites for hydroxylation is 1. The highest BCUT2D eigenvalue weighted by molar-refractivity contribution is 7.80. The van der Waals surface area contributed by atoms with Crippen molar-refractivity contribution in [2.45, 2.75) is 13.0 Å². The summed E-state index contributed by atoms with van der Waals surface area (Å²) in [5, 5.41) is 4.10. The van der Waals surface area contributed by atoms with E-state index in [9.17, 15) is 0 Å². The molecule has 1 aromatic rings. The van der Waals surface area contributed by atoms with Gasteiger partial charge in [-0.3, -0.25) is 5.43 Å². The molecule has 0 fully saturated rings. The molecule has 0 bridgehead atoms. The van der Waals surface area contributed by atoms with Gasteiger partial charge in [-0.05, 0) is 12.5 Å². The summed E-state index contributed by atoms with van der Waals surface area (Å²) in [5.74, 6) is 0. The van der Waals surface area contributed by atoms with Gasteiger partial charge in [0.05, 0.1) is 5.71 Å². The second-order valence-corrected chi connectivity index (χ2v) is 3.76. The van der Waals surface area contributed by atoms with E-state index in [1.165, 1.54) is 5.56 Å². The van der Waals surface area contributed by atoms with E-state index < -0.39 is 0 Å². The summed E-state index contributed by atoms with van der Waals surface area (Å²) >= 11 is 4.99. The predicted molar refractivity (Wildman–Crippen MR) is 61.4 cm³/mol. The molecule has 0 aliphatic carbocycles. The summed E-state index contributed by atoms with van der Waals surface area (Å²) in [5.41, 5.74) is 11.6. The lowest BCUT2D eigenvalue weighted by Crippen LogP contribution is -2.36. The minimum Gasteiger partial charge on any atom is -0.317 e. The molecule has 3 N–H and O–H groups in total. The first-order valence-electron chi connectivity index (χ1n) is 4.38. The molecule has 1 heterocycles. The number of nitrogens with one attached hydrogen (secondary N) is 1. The smallest absolute Gasteiger partial charge is 0.119 e. The number of nitrogens with two attached hydrogens (primary N) is 1. The lowest BCUT2D eigenvalue weighted by atomic mass is 10.0. The second kappa shape index (κ2) is 3.48. The standard InChI is InChI=1S/C10H11N3S/c1-6-2-4-7(5-3-6)9-8(11)10(14)13-12-9/h2-5,8H,11H2,1H3,(H,13,14). The van der Waals surface area contributed by atoms with Gasteiger partial charge < -0.3 is 5.73 Å². The molecule has 1 aliphatic heterocycles. The van der Waals surface area contributed by atoms with Crippen molar-refractivity contribution >= 4 is 22.9 Å². The van der Waals surface area contributed by atoms with Crippen LogP contribution < -0.4 is 11.2 Å². The van der Waals surface area contributed by atoms with Crippen molar-refractivity contribution < 1.29 is 0 Å². The van der Waals surface area contributed by atoms with Crippen LogP contribution in [-0.2, 0) is 0 Å². The van der Waals surface area contributed by atoms with Crippen LogP contribution in [0.1, 0.15) is 11.1 Å². The Bertz CT molecular complexity index is 394. The number of benzene rings is 1. The monoisotopic (exact) mass is 205 g/mol. The lowest BCUT2D eigenvalue weighted by molar-refractivity contribution is 1.06. The minimum atomic E-state index is -0.271. The normalized spacial score (nSPS) is 20.6. The van der Waals surface area contributed by atoms with Crippen LogP contribution in [0.4, 0.5) is 0 Å². The fraction of sp³-hybridized carbons (Fsp3) is 0.200. The zero-order valence-electron chi connectivity index (χ0n) is 7.82. The van der Waals surface area contributed by atoms with Crippen LogP contribution in [-0.4, -0.2) is 16.7 Å². The zero-order valence-corrected chi connectivity index (χ0v) is 8.64. The van der Waals surface area contributed by atoms with E-state index >= 15 is 0 Å². The molecule has 72 valence electrons. The summed E-state index contributed by atoms with van der Waals surface area (Å²) in [4.78, 5) is 0.584. The zero-order chi connectivity index (χ0) is 10.1. The summed E-state index contributed by atoms with van der Waals surface area (Å²) in [6, 6.07) is 7.80. The molecule has 0 spiro atoms. The fourth-order valence-electron chi connectivity index (χ4n) is 1.35. The van der Waals surface area contributed by atoms with Gasteiger partial charge in [-0.1, -0.05) is 42.0 Å². The largest absolute Gasteiger partial charge is 0.317 e. The van der Waals surface area contributed by atoms with Crippen LogP contribution in [0.15, 0.2) is 29.4 Å². The topological polar surface area (TPSA) is 50.4 Å². The quantitative estimate of drug-likeness (QED) is 0.671. The number of hydrogen-bond donors (Lipinski definition) is 2. The second-order valence-electron chi connectivity index (χ2n) is 3.32. The molecule has 1 aliphatic rings. The molecule has 3 nitrogen and oxygen atoms in total. The van der Waals surface area contributed by atoms with Gasteiger partial charge in [-0.15, -0.1) is 0 Å². The molecule has 14 heavy (non-hydrogen) atoms. The Balaban J connectivity index is 2.33. The van der Waals surface area contributed by atoms with E-state index in [0.717, 1.165) is 11.3 Å². The van der Waals surface area contributed by atoms with Crippen molar-refractivity contribution in [3.05, 3.63) is 35.4 Å². The number of hydrazone groups is 1. The van der Waals surface area contributed by atoms with Crippen LogP contribution >= 0.6 is 12.2 Å². The van der Waals surface area contributed by atoms with Gasteiger partial charge in [-0.25, -0.2) is 0 Å². The number of rotatable bonds is 1. The van der Waals surface area contributed by atoms with Gasteiger partial charge in [-0.2, -0.15) is 5.10 Å². The number of nitrogens with zero attached hydrogens (tertiary/aromatic N) is 1.